The maximum absolute atomic E-state index is 4.64. The van der Waals surface area contributed by atoms with Crippen LogP contribution in [0.15, 0.2) is 0 Å². The van der Waals surface area contributed by atoms with Gasteiger partial charge in [0.25, 0.3) is 0 Å². The molecule has 3 heteroatoms. The van der Waals surface area contributed by atoms with Gasteiger partial charge in [-0.3, -0.25) is 0 Å². The van der Waals surface area contributed by atoms with Crippen LogP contribution < -0.4 is 10.6 Å². The average molecular weight is 102 g/mol. The van der Waals surface area contributed by atoms with Gasteiger partial charge in [0.15, 0.2) is 5.11 Å². The SMILES string of the molecule is CC1NC(=S)N1. The third-order valence-corrected chi connectivity index (χ3v) is 0.931. The average Bonchev–Trinajstić information content (AvgIpc) is 1.33. The van der Waals surface area contributed by atoms with Gasteiger partial charge in [-0.2, -0.15) is 0 Å². The lowest BCUT2D eigenvalue weighted by Crippen LogP contribution is -2.61. The fourth-order valence-corrected chi connectivity index (χ4v) is 0.747. The molecule has 0 spiro atoms. The van der Waals surface area contributed by atoms with E-state index in [1.54, 1.807) is 0 Å². The molecule has 0 saturated carbocycles. The second-order valence-corrected chi connectivity index (χ2v) is 1.75. The molecule has 1 rings (SSSR count). The summed E-state index contributed by atoms with van der Waals surface area (Å²) in [5.74, 6) is 0. The molecule has 6 heavy (non-hydrogen) atoms. The molecule has 0 radical (unpaired) electrons. The summed E-state index contributed by atoms with van der Waals surface area (Å²) in [5, 5.41) is 6.62. The minimum Gasteiger partial charge on any atom is -0.343 e. The fraction of sp³-hybridized carbons (Fsp3) is 0.667. The van der Waals surface area contributed by atoms with Gasteiger partial charge in [0.05, 0.1) is 6.17 Å². The number of rotatable bonds is 0. The van der Waals surface area contributed by atoms with Gasteiger partial charge in [0.1, 0.15) is 0 Å². The quantitative estimate of drug-likeness (QED) is 0.414. The van der Waals surface area contributed by atoms with Crippen molar-refractivity contribution in [2.45, 2.75) is 13.1 Å². The molecule has 0 aromatic rings. The molecule has 2 nitrogen and oxygen atoms in total. The highest BCUT2D eigenvalue weighted by Crippen LogP contribution is 1.84. The Hall–Kier alpha value is -0.310. The van der Waals surface area contributed by atoms with Crippen molar-refractivity contribution in [3.05, 3.63) is 0 Å². The summed E-state index contributed by atoms with van der Waals surface area (Å²) in [6.07, 6.45) is 0.400. The van der Waals surface area contributed by atoms with Gasteiger partial charge in [-0.05, 0) is 19.1 Å². The second-order valence-electron chi connectivity index (χ2n) is 1.34. The molecule has 0 atom stereocenters. The molecule has 1 saturated heterocycles. The fourth-order valence-electron chi connectivity index (χ4n) is 0.393. The van der Waals surface area contributed by atoms with Crippen LogP contribution in [0.2, 0.25) is 0 Å². The van der Waals surface area contributed by atoms with Crippen LogP contribution in [0.1, 0.15) is 6.92 Å². The molecule has 0 aromatic carbocycles. The maximum atomic E-state index is 4.64. The Bertz CT molecular complexity index is 72.9. The number of hydrogen-bond donors (Lipinski definition) is 2. The van der Waals surface area contributed by atoms with E-state index in [0.717, 1.165) is 5.11 Å². The Kier molecular flexibility index (Phi) is 0.696. The smallest absolute Gasteiger partial charge is 0.169 e. The predicted octanol–water partition coefficient (Wildman–Crippen LogP) is -0.190. The summed E-state index contributed by atoms with van der Waals surface area (Å²) in [6.45, 7) is 2.01. The first-order valence-corrected chi connectivity index (χ1v) is 2.27. The molecule has 34 valence electrons. The topological polar surface area (TPSA) is 24.1 Å². The minimum absolute atomic E-state index is 0.400. The molecule has 0 aromatic heterocycles. The summed E-state index contributed by atoms with van der Waals surface area (Å²) in [6, 6.07) is 0. The molecular formula is C3H6N2S. The van der Waals surface area contributed by atoms with E-state index in [2.05, 4.69) is 22.9 Å². The van der Waals surface area contributed by atoms with Crippen LogP contribution in [0.25, 0.3) is 0 Å². The molecule has 1 heterocycles. The summed E-state index contributed by atoms with van der Waals surface area (Å²) in [4.78, 5) is 0. The molecule has 0 bridgehead atoms. The first-order chi connectivity index (χ1) is 2.79. The van der Waals surface area contributed by atoms with Crippen molar-refractivity contribution < 1.29 is 0 Å². The van der Waals surface area contributed by atoms with Crippen LogP contribution in [0.5, 0.6) is 0 Å². The van der Waals surface area contributed by atoms with Gasteiger partial charge in [-0.25, -0.2) is 0 Å². The van der Waals surface area contributed by atoms with Crippen molar-refractivity contribution in [1.82, 2.24) is 10.6 Å². The molecule has 1 aliphatic heterocycles. The first-order valence-electron chi connectivity index (χ1n) is 1.86. The van der Waals surface area contributed by atoms with Crippen LogP contribution >= 0.6 is 12.2 Å². The largest absolute Gasteiger partial charge is 0.343 e. The lowest BCUT2D eigenvalue weighted by molar-refractivity contribution is 0.536. The van der Waals surface area contributed by atoms with Gasteiger partial charge in [-0.1, -0.05) is 0 Å². The normalized spacial score (nSPS) is 21.2. The summed E-state index contributed by atoms with van der Waals surface area (Å²) >= 11 is 4.64. The highest BCUT2D eigenvalue weighted by atomic mass is 32.1. The molecule has 2 N–H and O–H groups in total. The van der Waals surface area contributed by atoms with E-state index in [1.165, 1.54) is 0 Å². The maximum Gasteiger partial charge on any atom is 0.169 e. The van der Waals surface area contributed by atoms with Crippen LogP contribution in [0.4, 0.5) is 0 Å². The van der Waals surface area contributed by atoms with E-state index in [4.69, 9.17) is 0 Å². The van der Waals surface area contributed by atoms with Gasteiger partial charge < -0.3 is 10.6 Å². The molecule has 1 fully saturated rings. The highest BCUT2D eigenvalue weighted by Gasteiger charge is 2.12. The number of nitrogens with one attached hydrogen (secondary N) is 2. The number of thiocarbonyl (C=S) groups is 1. The standard InChI is InChI=1S/C3H6N2S/c1-2-4-3(6)5-2/h2H,1H3,(H2,4,5,6). The van der Waals surface area contributed by atoms with Crippen molar-refractivity contribution in [2.75, 3.05) is 0 Å². The van der Waals surface area contributed by atoms with Crippen LogP contribution in [0.3, 0.4) is 0 Å². The lowest BCUT2D eigenvalue weighted by Gasteiger charge is -2.28. The zero-order valence-corrected chi connectivity index (χ0v) is 4.30. The van der Waals surface area contributed by atoms with Gasteiger partial charge in [0.2, 0.25) is 0 Å². The van der Waals surface area contributed by atoms with E-state index in [9.17, 15) is 0 Å². The zero-order chi connectivity index (χ0) is 4.57. The van der Waals surface area contributed by atoms with Crippen molar-refractivity contribution in [3.63, 3.8) is 0 Å². The molecular weight excluding hydrogens is 96.1 g/mol. The van der Waals surface area contributed by atoms with E-state index < -0.39 is 0 Å². The minimum atomic E-state index is 0.400. The highest BCUT2D eigenvalue weighted by molar-refractivity contribution is 7.80. The Morgan fingerprint density at radius 2 is 2.17 bits per heavy atom. The summed E-state index contributed by atoms with van der Waals surface area (Å²) in [7, 11) is 0. The summed E-state index contributed by atoms with van der Waals surface area (Å²) in [5.41, 5.74) is 0. The van der Waals surface area contributed by atoms with Crippen molar-refractivity contribution in [2.24, 2.45) is 0 Å². The van der Waals surface area contributed by atoms with E-state index in [1.807, 2.05) is 6.92 Å². The van der Waals surface area contributed by atoms with Gasteiger partial charge in [0, 0.05) is 0 Å². The van der Waals surface area contributed by atoms with Crippen molar-refractivity contribution in [3.8, 4) is 0 Å². The van der Waals surface area contributed by atoms with Crippen LogP contribution in [-0.2, 0) is 0 Å². The van der Waals surface area contributed by atoms with Crippen molar-refractivity contribution in [1.29, 1.82) is 0 Å². The zero-order valence-electron chi connectivity index (χ0n) is 3.49. The molecule has 0 amide bonds. The van der Waals surface area contributed by atoms with Crippen LogP contribution in [-0.4, -0.2) is 11.3 Å². The third-order valence-electron chi connectivity index (χ3n) is 0.695. The Labute approximate surface area is 41.9 Å². The Morgan fingerprint density at radius 1 is 1.67 bits per heavy atom. The van der Waals surface area contributed by atoms with Gasteiger partial charge >= 0.3 is 0 Å². The van der Waals surface area contributed by atoms with E-state index in [-0.39, 0.29) is 0 Å². The Morgan fingerprint density at radius 3 is 2.17 bits per heavy atom. The number of hydrogen-bond acceptors (Lipinski definition) is 1. The Balaban J connectivity index is 2.28. The van der Waals surface area contributed by atoms with Crippen LogP contribution in [0, 0.1) is 0 Å². The van der Waals surface area contributed by atoms with Gasteiger partial charge in [-0.15, -0.1) is 0 Å². The third kappa shape index (κ3) is 0.452. The molecule has 1 aliphatic rings. The van der Waals surface area contributed by atoms with Crippen molar-refractivity contribution >= 4 is 17.3 Å². The summed E-state index contributed by atoms with van der Waals surface area (Å²) < 4.78 is 0. The van der Waals surface area contributed by atoms with E-state index in [0.29, 0.717) is 6.17 Å². The second kappa shape index (κ2) is 1.08. The molecule has 0 aliphatic carbocycles. The van der Waals surface area contributed by atoms with E-state index >= 15 is 0 Å². The lowest BCUT2D eigenvalue weighted by atomic mass is 10.5. The molecule has 0 unspecified atom stereocenters. The first kappa shape index (κ1) is 3.87. The monoisotopic (exact) mass is 102 g/mol. The predicted molar refractivity (Wildman–Crippen MR) is 28.3 cm³/mol.